The zero-order valence-electron chi connectivity index (χ0n) is 22.5. The van der Waals surface area contributed by atoms with E-state index in [2.05, 4.69) is 5.32 Å². The summed E-state index contributed by atoms with van der Waals surface area (Å²) >= 11 is 0. The molecule has 0 aromatic heterocycles. The fourth-order valence-electron chi connectivity index (χ4n) is 5.04. The van der Waals surface area contributed by atoms with Gasteiger partial charge in [-0.1, -0.05) is 36.4 Å². The Hall–Kier alpha value is -5.58. The summed E-state index contributed by atoms with van der Waals surface area (Å²) < 4.78 is 38.4. The molecule has 2 heterocycles. The van der Waals surface area contributed by atoms with Crippen molar-refractivity contribution in [3.63, 3.8) is 0 Å². The Morgan fingerprint density at radius 3 is 2.28 bits per heavy atom. The molecule has 0 spiro atoms. The van der Waals surface area contributed by atoms with Crippen molar-refractivity contribution in [2.45, 2.75) is 12.6 Å². The Balaban J connectivity index is 1.38. The number of para-hydroxylation sites is 1. The lowest BCUT2D eigenvalue weighted by Gasteiger charge is -2.33. The number of rotatable bonds is 8. The first-order chi connectivity index (χ1) is 20.8. The molecule has 0 unspecified atom stereocenters. The summed E-state index contributed by atoms with van der Waals surface area (Å²) in [6.07, 6.45) is 0. The lowest BCUT2D eigenvalue weighted by atomic mass is 10.0. The number of nitrogens with zero attached hydrogens (tertiary/aromatic N) is 2. The van der Waals surface area contributed by atoms with E-state index in [-0.39, 0.29) is 30.2 Å². The summed E-state index contributed by atoms with van der Waals surface area (Å²) in [5.41, 5.74) is 1.56. The van der Waals surface area contributed by atoms with E-state index in [9.17, 15) is 28.0 Å². The lowest BCUT2D eigenvalue weighted by molar-refractivity contribution is -0.139. The first kappa shape index (κ1) is 27.6. The number of hydrogen-bond acceptors (Lipinski definition) is 6. The Bertz CT molecular complexity index is 1740. The number of nitrogens with one attached hydrogen (secondary N) is 1. The van der Waals surface area contributed by atoms with E-state index >= 15 is 0 Å². The molecule has 1 N–H and O–H groups in total. The topological polar surface area (TPSA) is 105 Å². The molecule has 2 aliphatic heterocycles. The second-order valence-corrected chi connectivity index (χ2v) is 9.90. The van der Waals surface area contributed by atoms with E-state index < -0.39 is 47.7 Å². The summed E-state index contributed by atoms with van der Waals surface area (Å²) in [5, 5.41) is 2.78. The average Bonchev–Trinajstić information content (AvgIpc) is 3.57. The Kier molecular flexibility index (Phi) is 7.29. The normalized spacial score (nSPS) is 14.0. The van der Waals surface area contributed by atoms with E-state index in [1.165, 1.54) is 47.4 Å². The smallest absolute Gasteiger partial charge is 0.299 e. The first-order valence-electron chi connectivity index (χ1n) is 13.2. The van der Waals surface area contributed by atoms with E-state index in [1.807, 2.05) is 0 Å². The highest BCUT2D eigenvalue weighted by molar-refractivity contribution is 6.52. The summed E-state index contributed by atoms with van der Waals surface area (Å²) in [7, 11) is 0. The van der Waals surface area contributed by atoms with Crippen molar-refractivity contribution in [1.82, 2.24) is 4.90 Å². The van der Waals surface area contributed by atoms with Gasteiger partial charge in [0.1, 0.15) is 24.2 Å². The summed E-state index contributed by atoms with van der Waals surface area (Å²) in [6.45, 7) is -0.698. The Morgan fingerprint density at radius 1 is 0.860 bits per heavy atom. The van der Waals surface area contributed by atoms with Gasteiger partial charge in [-0.15, -0.1) is 0 Å². The first-order valence-corrected chi connectivity index (χ1v) is 13.2. The molecule has 0 radical (unpaired) electrons. The van der Waals surface area contributed by atoms with Gasteiger partial charge < -0.3 is 19.7 Å². The van der Waals surface area contributed by atoms with Crippen LogP contribution in [-0.4, -0.2) is 41.7 Å². The van der Waals surface area contributed by atoms with Crippen molar-refractivity contribution in [1.29, 1.82) is 0 Å². The van der Waals surface area contributed by atoms with Crippen molar-refractivity contribution in [2.24, 2.45) is 0 Å². The predicted molar refractivity (Wildman–Crippen MR) is 150 cm³/mol. The fourth-order valence-corrected chi connectivity index (χ4v) is 5.04. The lowest BCUT2D eigenvalue weighted by Crippen LogP contribution is -2.46. The van der Waals surface area contributed by atoms with Gasteiger partial charge in [-0.2, -0.15) is 0 Å². The van der Waals surface area contributed by atoms with Crippen LogP contribution in [0.5, 0.6) is 11.5 Å². The van der Waals surface area contributed by atoms with Gasteiger partial charge in [0.05, 0.1) is 11.3 Å². The molecular formula is C32H23F2N3O6. The van der Waals surface area contributed by atoms with Crippen molar-refractivity contribution < 1.29 is 37.4 Å². The van der Waals surface area contributed by atoms with Crippen LogP contribution in [0.3, 0.4) is 0 Å². The molecule has 1 atom stereocenters. The van der Waals surface area contributed by atoms with E-state index in [4.69, 9.17) is 9.47 Å². The van der Waals surface area contributed by atoms with E-state index in [0.29, 0.717) is 22.7 Å². The Labute approximate surface area is 244 Å². The minimum Gasteiger partial charge on any atom is -0.454 e. The van der Waals surface area contributed by atoms with Crippen molar-refractivity contribution in [3.8, 4) is 11.5 Å². The number of hydrogen-bond donors (Lipinski definition) is 1. The van der Waals surface area contributed by atoms with Crippen molar-refractivity contribution in [2.75, 3.05) is 23.6 Å². The van der Waals surface area contributed by atoms with Gasteiger partial charge in [-0.25, -0.2) is 8.78 Å². The molecule has 11 heteroatoms. The zero-order valence-corrected chi connectivity index (χ0v) is 22.5. The number of ketones is 1. The van der Waals surface area contributed by atoms with Gasteiger partial charge in [-0.05, 0) is 59.7 Å². The van der Waals surface area contributed by atoms with Gasteiger partial charge in [0.25, 0.3) is 17.6 Å². The number of carbonyl (C=O) groups excluding carboxylic acids is 4. The maximum absolute atomic E-state index is 14.1. The van der Waals surface area contributed by atoms with Crippen LogP contribution >= 0.6 is 0 Å². The number of carbonyl (C=O) groups is 4. The van der Waals surface area contributed by atoms with Gasteiger partial charge in [-0.3, -0.25) is 24.1 Å². The molecule has 2 aliphatic rings. The van der Waals surface area contributed by atoms with Crippen molar-refractivity contribution >= 4 is 34.9 Å². The van der Waals surface area contributed by atoms with Crippen LogP contribution in [-0.2, 0) is 20.9 Å². The van der Waals surface area contributed by atoms with Crippen LogP contribution in [0.1, 0.15) is 27.5 Å². The maximum Gasteiger partial charge on any atom is 0.299 e. The highest BCUT2D eigenvalue weighted by Crippen LogP contribution is 2.35. The zero-order chi connectivity index (χ0) is 30.1. The number of Topliss-reactive ketones (excluding diaryl/α,β-unsaturated/α-hetero) is 1. The van der Waals surface area contributed by atoms with Crippen molar-refractivity contribution in [3.05, 3.63) is 119 Å². The fraction of sp³-hybridized carbons (Fsp3) is 0.125. The molecule has 6 rings (SSSR count). The number of ether oxygens (including phenoxy) is 2. The standard InChI is InChI=1S/C32H23F2N3O6/c33-21-9-5-19(6-10-21)16-37(28(38)17-36-25-4-2-1-3-24(25)30(39)32(36)41)29(20-7-11-22(34)12-8-20)31(40)35-23-13-14-26-27(15-23)43-18-42-26/h1-15,29H,16-18H2,(H,35,40)/t29-/m0/s1. The minimum atomic E-state index is -1.33. The molecule has 43 heavy (non-hydrogen) atoms. The molecule has 4 aromatic carbocycles. The molecule has 0 bridgehead atoms. The third-order valence-corrected chi connectivity index (χ3v) is 7.14. The summed E-state index contributed by atoms with van der Waals surface area (Å²) in [5.74, 6) is -3.06. The van der Waals surface area contributed by atoms with Crippen LogP contribution < -0.4 is 19.7 Å². The van der Waals surface area contributed by atoms with Crippen LogP contribution in [0.4, 0.5) is 20.2 Å². The number of benzene rings is 4. The van der Waals surface area contributed by atoms with Crippen LogP contribution in [0.15, 0.2) is 91.0 Å². The largest absolute Gasteiger partial charge is 0.454 e. The SMILES string of the molecule is O=C1C(=O)N(CC(=O)N(Cc2ccc(F)cc2)[C@H](C(=O)Nc2ccc3c(c2)OCO3)c2ccc(F)cc2)c2ccccc21. The molecular weight excluding hydrogens is 560 g/mol. The minimum absolute atomic E-state index is 0.0335. The maximum atomic E-state index is 14.1. The van der Waals surface area contributed by atoms with Gasteiger partial charge in [0.2, 0.25) is 12.7 Å². The van der Waals surface area contributed by atoms with Crippen LogP contribution in [0, 0.1) is 11.6 Å². The van der Waals surface area contributed by atoms with Crippen LogP contribution in [0.2, 0.25) is 0 Å². The van der Waals surface area contributed by atoms with E-state index in [0.717, 1.165) is 17.0 Å². The third-order valence-electron chi connectivity index (χ3n) is 7.14. The predicted octanol–water partition coefficient (Wildman–Crippen LogP) is 4.63. The quantitative estimate of drug-likeness (QED) is 0.304. The Morgan fingerprint density at radius 2 is 1.53 bits per heavy atom. The van der Waals surface area contributed by atoms with Gasteiger partial charge >= 0.3 is 0 Å². The van der Waals surface area contributed by atoms with Gasteiger partial charge in [0, 0.05) is 18.3 Å². The molecule has 0 fully saturated rings. The number of amides is 3. The number of fused-ring (bicyclic) bond motifs is 2. The summed E-state index contributed by atoms with van der Waals surface area (Å²) in [4.78, 5) is 55.8. The molecule has 4 aromatic rings. The molecule has 0 saturated heterocycles. The van der Waals surface area contributed by atoms with E-state index in [1.54, 1.807) is 36.4 Å². The molecule has 0 aliphatic carbocycles. The number of halogens is 2. The monoisotopic (exact) mass is 583 g/mol. The molecule has 0 saturated carbocycles. The molecule has 9 nitrogen and oxygen atoms in total. The molecule has 3 amide bonds. The second kappa shape index (κ2) is 11.4. The summed E-state index contributed by atoms with van der Waals surface area (Å²) in [6, 6.07) is 20.2. The highest BCUT2D eigenvalue weighted by Gasteiger charge is 2.39. The van der Waals surface area contributed by atoms with Crippen LogP contribution in [0.25, 0.3) is 0 Å². The highest BCUT2D eigenvalue weighted by atomic mass is 19.1. The second-order valence-electron chi connectivity index (χ2n) is 9.90. The molecule has 216 valence electrons. The number of anilines is 2. The van der Waals surface area contributed by atoms with Gasteiger partial charge in [0.15, 0.2) is 11.5 Å². The average molecular weight is 584 g/mol. The third kappa shape index (κ3) is 5.52.